The molecule has 0 unspecified atom stereocenters. The molecule has 0 aliphatic carbocycles. The fourth-order valence-electron chi connectivity index (χ4n) is 4.67. The maximum absolute atomic E-state index is 13.9. The largest absolute Gasteiger partial charge is 0.207 e. The highest BCUT2D eigenvalue weighted by atomic mass is 31.1. The summed E-state index contributed by atoms with van der Waals surface area (Å²) in [6.07, 6.45) is 4.35. The summed E-state index contributed by atoms with van der Waals surface area (Å²) < 4.78 is 111. The predicted molar refractivity (Wildman–Crippen MR) is 151 cm³/mol. The Morgan fingerprint density at radius 2 is 0.488 bits per heavy atom. The van der Waals surface area contributed by atoms with Crippen LogP contribution in [0.15, 0.2) is 72.8 Å². The van der Waals surface area contributed by atoms with Gasteiger partial charge in [0, 0.05) is 24.3 Å². The Hall–Kier alpha value is -2.82. The van der Waals surface area contributed by atoms with Gasteiger partial charge in [-0.2, -0.15) is 0 Å². The first-order chi connectivity index (χ1) is 19.6. The molecule has 0 spiro atoms. The van der Waals surface area contributed by atoms with E-state index < -0.39 is 62.4 Å². The van der Waals surface area contributed by atoms with Crippen molar-refractivity contribution in [2.45, 2.75) is 32.1 Å². The highest BCUT2D eigenvalue weighted by molar-refractivity contribution is 7.73. The summed E-state index contributed by atoms with van der Waals surface area (Å²) in [5.74, 6) is -6.13. The van der Waals surface area contributed by atoms with Crippen LogP contribution >= 0.6 is 15.8 Å². The van der Waals surface area contributed by atoms with E-state index in [4.69, 9.17) is 0 Å². The molecule has 0 saturated carbocycles. The molecule has 4 aromatic rings. The summed E-state index contributed by atoms with van der Waals surface area (Å²) in [5, 5.41) is 1.38. The van der Waals surface area contributed by atoms with Gasteiger partial charge in [0.05, 0.1) is 0 Å². The Bertz CT molecular complexity index is 1200. The van der Waals surface area contributed by atoms with Gasteiger partial charge in [0.2, 0.25) is 0 Å². The maximum atomic E-state index is 13.9. The third kappa shape index (κ3) is 9.08. The predicted octanol–water partition coefficient (Wildman–Crippen LogP) is 8.32. The maximum Gasteiger partial charge on any atom is 0.126 e. The van der Waals surface area contributed by atoms with Gasteiger partial charge in [-0.3, -0.25) is 0 Å². The first-order valence-corrected chi connectivity index (χ1v) is 16.0. The molecule has 0 radical (unpaired) electrons. The zero-order valence-electron chi connectivity index (χ0n) is 21.8. The summed E-state index contributed by atoms with van der Waals surface area (Å²) in [6.45, 7) is 0. The second kappa shape index (κ2) is 14.4. The van der Waals surface area contributed by atoms with Crippen LogP contribution < -0.4 is 21.2 Å². The van der Waals surface area contributed by atoms with Crippen LogP contribution in [-0.2, 0) is 0 Å². The highest BCUT2D eigenvalue weighted by Crippen LogP contribution is 2.38. The number of unbranched alkanes of at least 4 members (excludes halogenated alkanes) is 4. The van der Waals surface area contributed by atoms with Crippen LogP contribution in [0.4, 0.5) is 35.1 Å². The highest BCUT2D eigenvalue weighted by Gasteiger charge is 2.19. The van der Waals surface area contributed by atoms with Gasteiger partial charge in [-0.25, -0.2) is 35.1 Å². The number of benzene rings is 4. The Labute approximate surface area is 235 Å². The Balaban J connectivity index is 1.38. The number of hydrogen-bond acceptors (Lipinski definition) is 0. The fourth-order valence-corrected chi connectivity index (χ4v) is 9.61. The quantitative estimate of drug-likeness (QED) is 0.0858. The normalized spacial score (nSPS) is 11.6. The van der Waals surface area contributed by atoms with Crippen LogP contribution in [0.5, 0.6) is 0 Å². The Morgan fingerprint density at radius 1 is 0.293 bits per heavy atom. The van der Waals surface area contributed by atoms with E-state index in [1.165, 1.54) is 48.5 Å². The minimum Gasteiger partial charge on any atom is -0.207 e. The van der Waals surface area contributed by atoms with E-state index in [2.05, 4.69) is 0 Å². The van der Waals surface area contributed by atoms with Crippen LogP contribution in [0, 0.1) is 46.5 Å². The minimum absolute atomic E-state index is 0.345. The van der Waals surface area contributed by atoms with Crippen LogP contribution in [0.25, 0.3) is 0 Å². The lowest BCUT2D eigenvalue weighted by molar-refractivity contribution is 0.584. The van der Waals surface area contributed by atoms with E-state index in [-0.39, 0.29) is 0 Å². The lowest BCUT2D eigenvalue weighted by atomic mass is 10.2. The van der Waals surface area contributed by atoms with Gasteiger partial charge in [-0.05, 0) is 111 Å². The molecule has 0 atom stereocenters. The standard InChI is InChI=1S/C31H26F8P2/c32-20-8-21(33)13-28(12-20)40(29-14-22(34)9-23(35)15-29)6-4-2-1-3-5-7-41(30-16-24(36)10-25(37)17-30)31-18-26(38)11-27(39)19-31/h8-19H,1-7H2. The summed E-state index contributed by atoms with van der Waals surface area (Å²) in [6, 6.07) is 12.5. The molecule has 10 heteroatoms. The molecular weight excluding hydrogens is 586 g/mol. The van der Waals surface area contributed by atoms with Crippen molar-refractivity contribution in [1.82, 2.24) is 0 Å². The average molecular weight is 612 g/mol. The Morgan fingerprint density at radius 3 is 0.707 bits per heavy atom. The van der Waals surface area contributed by atoms with Crippen molar-refractivity contribution in [3.05, 3.63) is 119 Å². The number of hydrogen-bond donors (Lipinski definition) is 0. The third-order valence-electron chi connectivity index (χ3n) is 6.40. The van der Waals surface area contributed by atoms with Crippen molar-refractivity contribution in [2.75, 3.05) is 12.3 Å². The van der Waals surface area contributed by atoms with Gasteiger partial charge < -0.3 is 0 Å². The van der Waals surface area contributed by atoms with Crippen molar-refractivity contribution in [3.8, 4) is 0 Å². The first-order valence-electron chi connectivity index (χ1n) is 13.0. The van der Waals surface area contributed by atoms with Crippen molar-refractivity contribution in [3.63, 3.8) is 0 Å². The van der Waals surface area contributed by atoms with Crippen molar-refractivity contribution < 1.29 is 35.1 Å². The summed E-state index contributed by atoms with van der Waals surface area (Å²) in [5.41, 5.74) is 0. The second-order valence-electron chi connectivity index (χ2n) is 9.58. The SMILES string of the molecule is Fc1cc(F)cc(P(CCCCCCCP(c2cc(F)cc(F)c2)c2cc(F)cc(F)c2)c2cc(F)cc(F)c2)c1. The van der Waals surface area contributed by atoms with E-state index in [0.717, 1.165) is 43.5 Å². The molecule has 216 valence electrons. The average Bonchev–Trinajstić information content (AvgIpc) is 2.85. The van der Waals surface area contributed by atoms with E-state index in [0.29, 0.717) is 46.4 Å². The zero-order valence-corrected chi connectivity index (χ0v) is 23.6. The molecule has 0 nitrogen and oxygen atoms in total. The van der Waals surface area contributed by atoms with E-state index >= 15 is 0 Å². The molecule has 0 saturated heterocycles. The molecule has 0 fully saturated rings. The molecular formula is C31H26F8P2. The van der Waals surface area contributed by atoms with Crippen LogP contribution in [0.1, 0.15) is 32.1 Å². The van der Waals surface area contributed by atoms with Crippen LogP contribution in [0.3, 0.4) is 0 Å². The van der Waals surface area contributed by atoms with E-state index in [9.17, 15) is 35.1 Å². The van der Waals surface area contributed by atoms with Crippen LogP contribution in [-0.4, -0.2) is 12.3 Å². The van der Waals surface area contributed by atoms with Crippen molar-refractivity contribution in [2.24, 2.45) is 0 Å². The summed E-state index contributed by atoms with van der Waals surface area (Å²) in [7, 11) is -2.85. The molecule has 41 heavy (non-hydrogen) atoms. The fraction of sp³-hybridized carbons (Fsp3) is 0.226. The van der Waals surface area contributed by atoms with Gasteiger partial charge in [-0.1, -0.05) is 19.3 Å². The molecule has 0 bridgehead atoms. The minimum atomic E-state index is -1.42. The van der Waals surface area contributed by atoms with Gasteiger partial charge in [0.15, 0.2) is 0 Å². The van der Waals surface area contributed by atoms with Crippen molar-refractivity contribution in [1.29, 1.82) is 0 Å². The monoisotopic (exact) mass is 612 g/mol. The molecule has 4 rings (SSSR count). The summed E-state index contributed by atoms with van der Waals surface area (Å²) >= 11 is 0. The number of rotatable bonds is 12. The zero-order chi connectivity index (χ0) is 29.5. The molecule has 0 aliphatic heterocycles. The van der Waals surface area contributed by atoms with E-state index in [1.54, 1.807) is 0 Å². The summed E-state index contributed by atoms with van der Waals surface area (Å²) in [4.78, 5) is 0. The van der Waals surface area contributed by atoms with E-state index in [1.807, 2.05) is 0 Å². The van der Waals surface area contributed by atoms with Crippen molar-refractivity contribution >= 4 is 37.1 Å². The van der Waals surface area contributed by atoms with Gasteiger partial charge in [-0.15, -0.1) is 0 Å². The molecule has 0 aromatic heterocycles. The third-order valence-corrected chi connectivity index (χ3v) is 11.5. The first kappa shape index (κ1) is 31.1. The molecule has 0 amide bonds. The van der Waals surface area contributed by atoms with Gasteiger partial charge in [0.25, 0.3) is 0 Å². The lowest BCUT2D eigenvalue weighted by Gasteiger charge is -2.20. The number of halogens is 8. The second-order valence-corrected chi connectivity index (χ2v) is 14.3. The van der Waals surface area contributed by atoms with Gasteiger partial charge >= 0.3 is 0 Å². The molecule has 4 aromatic carbocycles. The molecule has 0 aliphatic rings. The smallest absolute Gasteiger partial charge is 0.126 e. The van der Waals surface area contributed by atoms with Crippen LogP contribution in [0.2, 0.25) is 0 Å². The Kier molecular flexibility index (Phi) is 10.9. The topological polar surface area (TPSA) is 0 Å². The molecule has 0 heterocycles. The lowest BCUT2D eigenvalue weighted by Crippen LogP contribution is -2.17. The van der Waals surface area contributed by atoms with Gasteiger partial charge in [0.1, 0.15) is 46.5 Å². The molecule has 0 N–H and O–H groups in total.